The standard InChI is InChI=1S/C29H35FN8O5/c1-15-35-36-27(42-15)33-22(28(2,3)4)25(40)37-13-16-7-8-17(30)10-19(16)21(37)24(39)38-14-29(11-18(38)12-31)26(41)34-23-20(43-29)6-5-9-32-23/h5-6,9,16-19,21-22H,7-8,10-11,13-14H2,1-4H3,(H,33,36)(H,32,34,41)/t16-,17+,18-,19-,21-,22+,29+/m0/s1. The van der Waals surface area contributed by atoms with Gasteiger partial charge >= 0.3 is 6.01 Å². The van der Waals surface area contributed by atoms with E-state index in [-0.39, 0.29) is 49.6 Å². The van der Waals surface area contributed by atoms with Gasteiger partial charge in [-0.25, -0.2) is 9.37 Å². The van der Waals surface area contributed by atoms with Crippen molar-refractivity contribution in [3.05, 3.63) is 24.2 Å². The number of aryl methyl sites for hydroxylation is 1. The van der Waals surface area contributed by atoms with Crippen LogP contribution in [0.2, 0.25) is 0 Å². The number of anilines is 2. The summed E-state index contributed by atoms with van der Waals surface area (Å²) >= 11 is 0. The number of aromatic nitrogens is 3. The zero-order chi connectivity index (χ0) is 30.7. The van der Waals surface area contributed by atoms with Crippen LogP contribution in [0, 0.1) is 35.5 Å². The third-order valence-corrected chi connectivity index (χ3v) is 9.08. The number of alkyl halides is 1. The zero-order valence-corrected chi connectivity index (χ0v) is 24.5. The van der Waals surface area contributed by atoms with Crippen molar-refractivity contribution in [1.29, 1.82) is 5.26 Å². The second-order valence-electron chi connectivity index (χ2n) is 13.1. The van der Waals surface area contributed by atoms with E-state index in [9.17, 15) is 24.0 Å². The Labute approximate surface area is 248 Å². The molecule has 3 aliphatic heterocycles. The Bertz CT molecular complexity index is 1490. The predicted molar refractivity (Wildman–Crippen MR) is 149 cm³/mol. The molecule has 1 spiro atoms. The van der Waals surface area contributed by atoms with Crippen molar-refractivity contribution in [3.63, 3.8) is 0 Å². The molecule has 1 aliphatic carbocycles. The van der Waals surface area contributed by atoms with E-state index in [1.807, 2.05) is 20.8 Å². The number of carbonyl (C=O) groups excluding carboxylic acids is 3. The Morgan fingerprint density at radius 2 is 2.07 bits per heavy atom. The highest BCUT2D eigenvalue weighted by Gasteiger charge is 2.59. The van der Waals surface area contributed by atoms with E-state index in [1.165, 1.54) is 16.0 Å². The normalized spacial score (nSPS) is 30.6. The van der Waals surface area contributed by atoms with Gasteiger partial charge in [-0.2, -0.15) is 5.26 Å². The summed E-state index contributed by atoms with van der Waals surface area (Å²) < 4.78 is 26.4. The minimum atomic E-state index is -1.50. The lowest BCUT2D eigenvalue weighted by molar-refractivity contribution is -0.147. The Hall–Kier alpha value is -4.28. The Balaban J connectivity index is 1.32. The summed E-state index contributed by atoms with van der Waals surface area (Å²) in [6.07, 6.45) is 1.40. The van der Waals surface area contributed by atoms with Crippen molar-refractivity contribution < 1.29 is 27.9 Å². The molecule has 2 N–H and O–H groups in total. The van der Waals surface area contributed by atoms with Crippen LogP contribution in [0.15, 0.2) is 22.7 Å². The highest BCUT2D eigenvalue weighted by atomic mass is 19.1. The number of nitriles is 1. The second kappa shape index (κ2) is 10.5. The van der Waals surface area contributed by atoms with Crippen LogP contribution >= 0.6 is 0 Å². The van der Waals surface area contributed by atoms with E-state index in [2.05, 4.69) is 31.9 Å². The molecule has 14 heteroatoms. The molecule has 3 amide bonds. The molecule has 2 saturated heterocycles. The molecular formula is C29H35FN8O5. The second-order valence-corrected chi connectivity index (χ2v) is 13.1. The molecule has 1 saturated carbocycles. The van der Waals surface area contributed by atoms with Crippen LogP contribution in [0.5, 0.6) is 5.75 Å². The first-order chi connectivity index (χ1) is 20.4. The van der Waals surface area contributed by atoms with Gasteiger partial charge < -0.3 is 29.6 Å². The quantitative estimate of drug-likeness (QED) is 0.537. The number of hydrogen-bond acceptors (Lipinski definition) is 10. The Morgan fingerprint density at radius 3 is 2.77 bits per heavy atom. The first-order valence-corrected chi connectivity index (χ1v) is 14.6. The summed E-state index contributed by atoms with van der Waals surface area (Å²) in [7, 11) is 0. The van der Waals surface area contributed by atoms with Gasteiger partial charge in [0, 0.05) is 26.1 Å². The highest BCUT2D eigenvalue weighted by Crippen LogP contribution is 2.45. The first-order valence-electron chi connectivity index (χ1n) is 14.6. The third-order valence-electron chi connectivity index (χ3n) is 9.08. The molecule has 228 valence electrons. The molecule has 13 nitrogen and oxygen atoms in total. The molecule has 3 fully saturated rings. The summed E-state index contributed by atoms with van der Waals surface area (Å²) in [4.78, 5) is 49.1. The SMILES string of the molecule is Cc1nnc(N[C@H](C(=O)N2C[C@@H]3CC[C@@H](F)C[C@@H]3[C@H]2C(=O)N2C[C@@]3(C[C@H]2C#N)Oc2cccnc2NC3=O)C(C)(C)C)o1. The molecule has 0 aromatic carbocycles. The number of rotatable bonds is 4. The number of nitrogens with zero attached hydrogens (tertiary/aromatic N) is 6. The van der Waals surface area contributed by atoms with Gasteiger partial charge in [0.05, 0.1) is 12.6 Å². The van der Waals surface area contributed by atoms with Crippen LogP contribution in [0.4, 0.5) is 16.2 Å². The smallest absolute Gasteiger partial charge is 0.316 e. The number of likely N-dealkylation sites (tertiary alicyclic amines) is 2. The number of halogens is 1. The molecule has 7 atom stereocenters. The van der Waals surface area contributed by atoms with E-state index in [0.717, 1.165) is 0 Å². The number of ether oxygens (including phenoxy) is 1. The number of pyridine rings is 1. The van der Waals surface area contributed by atoms with Gasteiger partial charge in [-0.15, -0.1) is 5.10 Å². The molecule has 2 aromatic heterocycles. The fraction of sp³-hybridized carbons (Fsp3) is 0.621. The fourth-order valence-electron chi connectivity index (χ4n) is 6.93. The summed E-state index contributed by atoms with van der Waals surface area (Å²) in [5.74, 6) is -0.939. The fourth-order valence-corrected chi connectivity index (χ4v) is 6.93. The van der Waals surface area contributed by atoms with E-state index >= 15 is 0 Å². The first kappa shape index (κ1) is 28.8. The molecule has 2 aromatic rings. The third kappa shape index (κ3) is 5.04. The van der Waals surface area contributed by atoms with Gasteiger partial charge in [-0.1, -0.05) is 25.9 Å². The molecule has 0 unspecified atom stereocenters. The number of amides is 3. The van der Waals surface area contributed by atoms with Gasteiger partial charge in [0.15, 0.2) is 11.6 Å². The number of hydrogen-bond donors (Lipinski definition) is 2. The molecule has 4 aliphatic rings. The summed E-state index contributed by atoms with van der Waals surface area (Å²) in [6.45, 7) is 7.36. The zero-order valence-electron chi connectivity index (χ0n) is 24.5. The van der Waals surface area contributed by atoms with Crippen LogP contribution in [0.1, 0.15) is 52.3 Å². The Morgan fingerprint density at radius 1 is 1.28 bits per heavy atom. The maximum absolute atomic E-state index is 14.8. The number of carbonyl (C=O) groups is 3. The van der Waals surface area contributed by atoms with Gasteiger partial charge in [-0.3, -0.25) is 14.4 Å². The van der Waals surface area contributed by atoms with Crippen molar-refractivity contribution in [2.45, 2.75) is 83.3 Å². The number of fused-ring (bicyclic) bond motifs is 2. The van der Waals surface area contributed by atoms with Crippen LogP contribution in [-0.4, -0.2) is 85.7 Å². The number of nitrogens with one attached hydrogen (secondary N) is 2. The lowest BCUT2D eigenvalue weighted by Crippen LogP contribution is -2.58. The van der Waals surface area contributed by atoms with Crippen molar-refractivity contribution in [2.75, 3.05) is 23.7 Å². The average Bonchev–Trinajstić information content (AvgIpc) is 3.66. The summed E-state index contributed by atoms with van der Waals surface area (Å²) in [6, 6.07) is 2.70. The Kier molecular flexibility index (Phi) is 7.01. The van der Waals surface area contributed by atoms with Crippen molar-refractivity contribution in [1.82, 2.24) is 25.0 Å². The maximum atomic E-state index is 14.8. The van der Waals surface area contributed by atoms with Gasteiger partial charge in [0.25, 0.3) is 5.91 Å². The molecule has 0 bridgehead atoms. The van der Waals surface area contributed by atoms with Crippen LogP contribution in [0.25, 0.3) is 0 Å². The van der Waals surface area contributed by atoms with Gasteiger partial charge in [-0.05, 0) is 48.6 Å². The minimum Gasteiger partial charge on any atom is -0.472 e. The molecule has 5 heterocycles. The minimum absolute atomic E-state index is 0.0570. The summed E-state index contributed by atoms with van der Waals surface area (Å²) in [5.41, 5.74) is -2.13. The molecular weight excluding hydrogens is 559 g/mol. The molecule has 6 rings (SSSR count). The largest absolute Gasteiger partial charge is 0.472 e. The molecule has 0 radical (unpaired) electrons. The van der Waals surface area contributed by atoms with E-state index < -0.39 is 53.0 Å². The predicted octanol–water partition coefficient (Wildman–Crippen LogP) is 2.46. The average molecular weight is 595 g/mol. The van der Waals surface area contributed by atoms with Gasteiger partial charge in [0.1, 0.15) is 24.3 Å². The van der Waals surface area contributed by atoms with Crippen LogP contribution in [0.3, 0.4) is 0 Å². The van der Waals surface area contributed by atoms with E-state index in [0.29, 0.717) is 24.5 Å². The van der Waals surface area contributed by atoms with Crippen molar-refractivity contribution in [3.8, 4) is 11.8 Å². The van der Waals surface area contributed by atoms with Crippen molar-refractivity contribution in [2.24, 2.45) is 17.3 Å². The lowest BCUT2D eigenvalue weighted by atomic mass is 9.77. The van der Waals surface area contributed by atoms with Crippen molar-refractivity contribution >= 4 is 29.6 Å². The topological polar surface area (TPSA) is 167 Å². The summed E-state index contributed by atoms with van der Waals surface area (Å²) in [5, 5.41) is 23.7. The lowest BCUT2D eigenvalue weighted by Gasteiger charge is -2.38. The highest BCUT2D eigenvalue weighted by molar-refractivity contribution is 6.01. The van der Waals surface area contributed by atoms with Crippen LogP contribution < -0.4 is 15.4 Å². The van der Waals surface area contributed by atoms with E-state index in [4.69, 9.17) is 9.15 Å². The monoisotopic (exact) mass is 594 g/mol. The van der Waals surface area contributed by atoms with Crippen LogP contribution in [-0.2, 0) is 14.4 Å². The van der Waals surface area contributed by atoms with E-state index in [1.54, 1.807) is 19.1 Å². The maximum Gasteiger partial charge on any atom is 0.316 e. The van der Waals surface area contributed by atoms with Gasteiger partial charge in [0.2, 0.25) is 23.3 Å². The molecule has 43 heavy (non-hydrogen) atoms.